The molecule has 3 rings (SSSR count). The molecule has 0 spiro atoms. The van der Waals surface area contributed by atoms with Gasteiger partial charge in [-0.3, -0.25) is 4.79 Å². The molecule has 0 aliphatic carbocycles. The Morgan fingerprint density at radius 2 is 2.24 bits per heavy atom. The summed E-state index contributed by atoms with van der Waals surface area (Å²) in [5, 5.41) is 6.14. The summed E-state index contributed by atoms with van der Waals surface area (Å²) in [6.07, 6.45) is 1.92. The number of aryl methyl sites for hydroxylation is 1. The zero-order chi connectivity index (χ0) is 13.9. The summed E-state index contributed by atoms with van der Waals surface area (Å²) in [6, 6.07) is 5.52. The molecule has 1 saturated heterocycles. The van der Waals surface area contributed by atoms with Crippen LogP contribution in [0.1, 0.15) is 18.9 Å². The second-order valence-electron chi connectivity index (χ2n) is 5.27. The van der Waals surface area contributed by atoms with Crippen LogP contribution in [-0.4, -0.2) is 37.8 Å². The molecule has 2 N–H and O–H groups in total. The Labute approximate surface area is 130 Å². The SMILES string of the molecule is C[C@H]1OCCN[C@@H]1C(=O)Nc1ccc2c(c1)CCCO2.Cl. The maximum atomic E-state index is 12.3. The van der Waals surface area contributed by atoms with Gasteiger partial charge in [0.05, 0.1) is 19.3 Å². The van der Waals surface area contributed by atoms with Crippen LogP contribution in [0.5, 0.6) is 5.75 Å². The molecule has 2 aliphatic rings. The Hall–Kier alpha value is -1.30. The molecular weight excluding hydrogens is 292 g/mol. The van der Waals surface area contributed by atoms with Crippen molar-refractivity contribution in [3.05, 3.63) is 23.8 Å². The monoisotopic (exact) mass is 312 g/mol. The van der Waals surface area contributed by atoms with E-state index in [4.69, 9.17) is 9.47 Å². The Morgan fingerprint density at radius 3 is 3.05 bits per heavy atom. The van der Waals surface area contributed by atoms with Gasteiger partial charge in [-0.15, -0.1) is 12.4 Å². The summed E-state index contributed by atoms with van der Waals surface area (Å²) in [6.45, 7) is 4.05. The molecule has 1 fully saturated rings. The maximum absolute atomic E-state index is 12.3. The van der Waals surface area contributed by atoms with Crippen LogP contribution in [0.25, 0.3) is 0 Å². The number of carbonyl (C=O) groups excluding carboxylic acids is 1. The zero-order valence-corrected chi connectivity index (χ0v) is 12.9. The van der Waals surface area contributed by atoms with Crippen molar-refractivity contribution in [1.82, 2.24) is 5.32 Å². The molecule has 5 nitrogen and oxygen atoms in total. The number of halogens is 1. The van der Waals surface area contributed by atoms with E-state index < -0.39 is 0 Å². The highest BCUT2D eigenvalue weighted by Gasteiger charge is 2.28. The first-order chi connectivity index (χ1) is 9.74. The van der Waals surface area contributed by atoms with Crippen LogP contribution in [0.4, 0.5) is 5.69 Å². The number of benzene rings is 1. The van der Waals surface area contributed by atoms with Gasteiger partial charge in [0.1, 0.15) is 11.8 Å². The number of hydrogen-bond donors (Lipinski definition) is 2. The highest BCUT2D eigenvalue weighted by atomic mass is 35.5. The normalized spacial score (nSPS) is 24.2. The lowest BCUT2D eigenvalue weighted by molar-refractivity contribution is -0.123. The first kappa shape index (κ1) is 16.1. The molecule has 116 valence electrons. The fraction of sp³-hybridized carbons (Fsp3) is 0.533. The Balaban J connectivity index is 0.00000161. The van der Waals surface area contributed by atoms with Crippen molar-refractivity contribution in [1.29, 1.82) is 0 Å². The molecule has 1 aromatic carbocycles. The molecule has 0 unspecified atom stereocenters. The maximum Gasteiger partial charge on any atom is 0.244 e. The van der Waals surface area contributed by atoms with Gasteiger partial charge in [0, 0.05) is 12.2 Å². The topological polar surface area (TPSA) is 59.6 Å². The van der Waals surface area contributed by atoms with Crippen LogP contribution in [0.2, 0.25) is 0 Å². The number of morpholine rings is 1. The van der Waals surface area contributed by atoms with E-state index in [1.165, 1.54) is 0 Å². The van der Waals surface area contributed by atoms with Crippen LogP contribution in [-0.2, 0) is 16.0 Å². The van der Waals surface area contributed by atoms with Crippen LogP contribution < -0.4 is 15.4 Å². The number of fused-ring (bicyclic) bond motifs is 1. The number of hydrogen-bond acceptors (Lipinski definition) is 4. The lowest BCUT2D eigenvalue weighted by Crippen LogP contribution is -2.53. The second kappa shape index (κ2) is 7.11. The van der Waals surface area contributed by atoms with Gasteiger partial charge in [-0.2, -0.15) is 0 Å². The highest BCUT2D eigenvalue weighted by Crippen LogP contribution is 2.27. The van der Waals surface area contributed by atoms with Crippen LogP contribution in [0.15, 0.2) is 18.2 Å². The smallest absolute Gasteiger partial charge is 0.244 e. The van der Waals surface area contributed by atoms with Gasteiger partial charge in [0.25, 0.3) is 0 Å². The summed E-state index contributed by atoms with van der Waals surface area (Å²) < 4.78 is 11.1. The number of carbonyl (C=O) groups is 1. The summed E-state index contributed by atoms with van der Waals surface area (Å²) in [5.41, 5.74) is 1.98. The van der Waals surface area contributed by atoms with E-state index in [1.54, 1.807) is 0 Å². The fourth-order valence-electron chi connectivity index (χ4n) is 2.69. The van der Waals surface area contributed by atoms with E-state index in [0.717, 1.165) is 36.4 Å². The standard InChI is InChI=1S/C15H20N2O3.ClH/c1-10-14(16-6-8-19-10)15(18)17-12-4-5-13-11(9-12)3-2-7-20-13;/h4-5,9-10,14,16H,2-3,6-8H2,1H3,(H,17,18);1H/t10-,14+;/m1./s1. The van der Waals surface area contributed by atoms with E-state index in [1.807, 2.05) is 25.1 Å². The summed E-state index contributed by atoms with van der Waals surface area (Å²) in [7, 11) is 0. The molecule has 0 radical (unpaired) electrons. The average Bonchev–Trinajstić information content (AvgIpc) is 2.47. The van der Waals surface area contributed by atoms with Crippen molar-refractivity contribution in [2.45, 2.75) is 31.9 Å². The molecule has 1 amide bonds. The number of nitrogens with one attached hydrogen (secondary N) is 2. The quantitative estimate of drug-likeness (QED) is 0.873. The van der Waals surface area contributed by atoms with Gasteiger partial charge >= 0.3 is 0 Å². The molecular formula is C15H21ClN2O3. The van der Waals surface area contributed by atoms with Gasteiger partial charge in [-0.1, -0.05) is 0 Å². The summed E-state index contributed by atoms with van der Waals surface area (Å²) in [4.78, 5) is 12.3. The second-order valence-corrected chi connectivity index (χ2v) is 5.27. The molecule has 21 heavy (non-hydrogen) atoms. The van der Waals surface area contributed by atoms with E-state index in [2.05, 4.69) is 10.6 Å². The molecule has 2 aliphatic heterocycles. The Morgan fingerprint density at radius 1 is 1.38 bits per heavy atom. The fourth-order valence-corrected chi connectivity index (χ4v) is 2.69. The lowest BCUT2D eigenvalue weighted by atomic mass is 10.1. The molecule has 0 saturated carbocycles. The minimum absolute atomic E-state index is 0. The van der Waals surface area contributed by atoms with Crippen molar-refractivity contribution >= 4 is 24.0 Å². The van der Waals surface area contributed by atoms with E-state index in [-0.39, 0.29) is 30.5 Å². The van der Waals surface area contributed by atoms with E-state index in [9.17, 15) is 4.79 Å². The van der Waals surface area contributed by atoms with Gasteiger partial charge in [0.15, 0.2) is 0 Å². The minimum Gasteiger partial charge on any atom is -0.493 e. The number of anilines is 1. The van der Waals surface area contributed by atoms with Gasteiger partial charge < -0.3 is 20.1 Å². The molecule has 2 atom stereocenters. The summed E-state index contributed by atoms with van der Waals surface area (Å²) >= 11 is 0. The number of amides is 1. The Bertz CT molecular complexity index is 510. The molecule has 0 aromatic heterocycles. The number of ether oxygens (including phenoxy) is 2. The molecule has 2 heterocycles. The minimum atomic E-state index is -0.295. The zero-order valence-electron chi connectivity index (χ0n) is 12.1. The molecule has 6 heteroatoms. The predicted molar refractivity (Wildman–Crippen MR) is 83.3 cm³/mol. The van der Waals surface area contributed by atoms with Crippen molar-refractivity contribution in [3.8, 4) is 5.75 Å². The van der Waals surface area contributed by atoms with Gasteiger partial charge in [0.2, 0.25) is 5.91 Å². The van der Waals surface area contributed by atoms with Crippen molar-refractivity contribution in [2.24, 2.45) is 0 Å². The van der Waals surface area contributed by atoms with Crippen LogP contribution >= 0.6 is 12.4 Å². The molecule has 1 aromatic rings. The van der Waals surface area contributed by atoms with E-state index in [0.29, 0.717) is 13.2 Å². The average molecular weight is 313 g/mol. The first-order valence-electron chi connectivity index (χ1n) is 7.15. The first-order valence-corrected chi connectivity index (χ1v) is 7.15. The largest absolute Gasteiger partial charge is 0.493 e. The Kier molecular flexibility index (Phi) is 5.45. The highest BCUT2D eigenvalue weighted by molar-refractivity contribution is 5.95. The molecule has 0 bridgehead atoms. The third-order valence-corrected chi connectivity index (χ3v) is 3.77. The predicted octanol–water partition coefficient (Wildman–Crippen LogP) is 1.75. The number of rotatable bonds is 2. The van der Waals surface area contributed by atoms with Crippen molar-refractivity contribution in [3.63, 3.8) is 0 Å². The van der Waals surface area contributed by atoms with Crippen LogP contribution in [0, 0.1) is 0 Å². The third kappa shape index (κ3) is 3.67. The summed E-state index contributed by atoms with van der Waals surface area (Å²) in [5.74, 6) is 0.885. The third-order valence-electron chi connectivity index (χ3n) is 3.77. The van der Waals surface area contributed by atoms with Gasteiger partial charge in [-0.05, 0) is 43.5 Å². The van der Waals surface area contributed by atoms with Gasteiger partial charge in [-0.25, -0.2) is 0 Å². The van der Waals surface area contributed by atoms with Crippen molar-refractivity contribution < 1.29 is 14.3 Å². The van der Waals surface area contributed by atoms with E-state index >= 15 is 0 Å². The lowest BCUT2D eigenvalue weighted by Gasteiger charge is -2.29. The van der Waals surface area contributed by atoms with Crippen molar-refractivity contribution in [2.75, 3.05) is 25.1 Å². The van der Waals surface area contributed by atoms with Crippen LogP contribution in [0.3, 0.4) is 0 Å².